The lowest BCUT2D eigenvalue weighted by Gasteiger charge is -2.19. The molecule has 0 spiro atoms. The summed E-state index contributed by atoms with van der Waals surface area (Å²) in [6.45, 7) is 2.87. The van der Waals surface area contributed by atoms with Crippen LogP contribution in [0.4, 0.5) is 5.69 Å². The van der Waals surface area contributed by atoms with E-state index in [1.807, 2.05) is 37.3 Å². The van der Waals surface area contributed by atoms with E-state index in [-0.39, 0.29) is 5.91 Å². The lowest BCUT2D eigenvalue weighted by molar-refractivity contribution is -0.704. The Hall–Kier alpha value is -3.20. The first-order chi connectivity index (χ1) is 14.2. The summed E-state index contributed by atoms with van der Waals surface area (Å²) in [5.74, 6) is 1.04. The minimum absolute atomic E-state index is 0.214. The second-order valence-electron chi connectivity index (χ2n) is 6.32. The van der Waals surface area contributed by atoms with Gasteiger partial charge in [0.15, 0.2) is 11.5 Å². The number of para-hydroxylation sites is 1. The van der Waals surface area contributed by atoms with E-state index in [2.05, 4.69) is 10.6 Å². The maximum atomic E-state index is 12.8. The highest BCUT2D eigenvalue weighted by atomic mass is 32.2. The molecular weight excluding hydrogens is 394 g/mol. The van der Waals surface area contributed by atoms with Crippen LogP contribution >= 0.6 is 11.8 Å². The van der Waals surface area contributed by atoms with E-state index >= 15 is 0 Å². The lowest BCUT2D eigenvalue weighted by atomic mass is 10.2. The van der Waals surface area contributed by atoms with Crippen molar-refractivity contribution in [1.29, 1.82) is 0 Å². The minimum atomic E-state index is -0.524. The van der Waals surface area contributed by atoms with Crippen molar-refractivity contribution in [3.8, 4) is 17.2 Å². The van der Waals surface area contributed by atoms with Gasteiger partial charge in [0.2, 0.25) is 11.6 Å². The molecule has 2 heterocycles. The third-order valence-corrected chi connectivity index (χ3v) is 5.75. The van der Waals surface area contributed by atoms with E-state index in [0.29, 0.717) is 41.8 Å². The van der Waals surface area contributed by atoms with Crippen LogP contribution in [0.1, 0.15) is 13.3 Å². The van der Waals surface area contributed by atoms with Gasteiger partial charge in [-0.15, -0.1) is 0 Å². The number of H-pyrrole nitrogens is 1. The normalized spacial score (nSPS) is 13.7. The molecule has 0 aliphatic carbocycles. The van der Waals surface area contributed by atoms with Crippen LogP contribution in [0.2, 0.25) is 0 Å². The van der Waals surface area contributed by atoms with Gasteiger partial charge in [-0.3, -0.25) is 9.32 Å². The van der Waals surface area contributed by atoms with Crippen LogP contribution < -0.4 is 25.1 Å². The van der Waals surface area contributed by atoms with Gasteiger partial charge in [0.05, 0.1) is 5.25 Å². The number of amides is 1. The van der Waals surface area contributed by atoms with Crippen LogP contribution in [0, 0.1) is 0 Å². The van der Waals surface area contributed by atoms with Gasteiger partial charge in [-0.25, -0.2) is 4.79 Å². The molecule has 8 nitrogen and oxygen atoms in total. The summed E-state index contributed by atoms with van der Waals surface area (Å²) in [4.78, 5) is 25.0. The van der Waals surface area contributed by atoms with Gasteiger partial charge in [0.1, 0.15) is 13.2 Å². The molecule has 29 heavy (non-hydrogen) atoms. The number of rotatable bonds is 6. The van der Waals surface area contributed by atoms with Gasteiger partial charge < -0.3 is 14.8 Å². The van der Waals surface area contributed by atoms with Crippen LogP contribution in [0.15, 0.2) is 62.9 Å². The van der Waals surface area contributed by atoms with Crippen LogP contribution in [-0.2, 0) is 4.79 Å². The fraction of sp³-hybridized carbons (Fsp3) is 0.250. The summed E-state index contributed by atoms with van der Waals surface area (Å²) in [5.41, 5.74) is 0.822. The molecule has 150 valence electrons. The standard InChI is InChI=1S/C20H19N3O5S/c1-2-17(18(24)21-13-8-9-15-16(12-13)27-11-10-26-15)29-19-20(25)28-22-23(19)14-6-4-3-5-7-14/h3-9,12,17H,2,10-11H2,1H3,(H-,21,22,24,25)/p+1. The summed E-state index contributed by atoms with van der Waals surface area (Å²) in [5, 5.41) is 5.29. The van der Waals surface area contributed by atoms with Crippen molar-refractivity contribution in [2.45, 2.75) is 23.6 Å². The Bertz CT molecular complexity index is 1060. The second-order valence-corrected chi connectivity index (χ2v) is 7.51. The first-order valence-electron chi connectivity index (χ1n) is 9.22. The van der Waals surface area contributed by atoms with Crippen molar-refractivity contribution in [3.63, 3.8) is 0 Å². The fourth-order valence-electron chi connectivity index (χ4n) is 2.91. The van der Waals surface area contributed by atoms with Crippen molar-refractivity contribution in [2.75, 3.05) is 18.5 Å². The zero-order valence-corrected chi connectivity index (χ0v) is 16.5. The molecule has 1 aromatic heterocycles. The molecule has 2 aromatic carbocycles. The Morgan fingerprint density at radius 3 is 2.69 bits per heavy atom. The molecule has 1 amide bonds. The average Bonchev–Trinajstić information content (AvgIpc) is 3.12. The first kappa shape index (κ1) is 19.1. The van der Waals surface area contributed by atoms with Crippen LogP contribution in [0.5, 0.6) is 11.5 Å². The first-order valence-corrected chi connectivity index (χ1v) is 10.1. The highest BCUT2D eigenvalue weighted by molar-refractivity contribution is 8.00. The zero-order valence-electron chi connectivity index (χ0n) is 15.7. The molecule has 0 saturated carbocycles. The van der Waals surface area contributed by atoms with Gasteiger partial charge in [-0.1, -0.05) is 25.1 Å². The quantitative estimate of drug-likeness (QED) is 0.475. The highest BCUT2D eigenvalue weighted by Crippen LogP contribution is 2.33. The number of nitrogens with one attached hydrogen (secondary N) is 2. The number of benzene rings is 2. The molecule has 0 saturated heterocycles. The summed E-state index contributed by atoms with van der Waals surface area (Å²) < 4.78 is 17.5. The Kier molecular flexibility index (Phi) is 5.57. The van der Waals surface area contributed by atoms with E-state index in [0.717, 1.165) is 17.4 Å². The molecular formula is C20H20N3O5S+. The zero-order chi connectivity index (χ0) is 20.2. The molecule has 0 fully saturated rings. The maximum Gasteiger partial charge on any atom is 0.442 e. The van der Waals surface area contributed by atoms with Crippen molar-refractivity contribution in [2.24, 2.45) is 0 Å². The van der Waals surface area contributed by atoms with Crippen LogP contribution in [0.25, 0.3) is 5.69 Å². The summed E-state index contributed by atoms with van der Waals surface area (Å²) in [6, 6.07) is 14.5. The number of hydrogen-bond acceptors (Lipinski definition) is 6. The number of aromatic nitrogens is 2. The van der Waals surface area contributed by atoms with Gasteiger partial charge >= 0.3 is 10.7 Å². The maximum absolute atomic E-state index is 12.8. The van der Waals surface area contributed by atoms with Gasteiger partial charge in [-0.2, -0.15) is 0 Å². The molecule has 1 aliphatic heterocycles. The van der Waals surface area contributed by atoms with Crippen molar-refractivity contribution >= 4 is 23.4 Å². The van der Waals surface area contributed by atoms with Crippen LogP contribution in [0.3, 0.4) is 0 Å². The van der Waals surface area contributed by atoms with E-state index in [1.54, 1.807) is 18.2 Å². The fourth-order valence-corrected chi connectivity index (χ4v) is 3.90. The molecule has 1 aliphatic rings. The number of carbonyl (C=O) groups is 1. The molecule has 2 N–H and O–H groups in total. The number of thioether (sulfide) groups is 1. The molecule has 0 radical (unpaired) electrons. The van der Waals surface area contributed by atoms with E-state index in [4.69, 9.17) is 14.0 Å². The summed E-state index contributed by atoms with van der Waals surface area (Å²) in [6.07, 6.45) is 0.528. The molecule has 4 rings (SSSR count). The summed E-state index contributed by atoms with van der Waals surface area (Å²) >= 11 is 1.16. The Morgan fingerprint density at radius 1 is 1.17 bits per heavy atom. The Labute approximate surface area is 170 Å². The minimum Gasteiger partial charge on any atom is -0.486 e. The van der Waals surface area contributed by atoms with Gasteiger partial charge in [0.25, 0.3) is 0 Å². The number of nitrogens with zero attached hydrogens (tertiary/aromatic N) is 1. The SMILES string of the molecule is CCC(Sc1c(=O)o[nH][n+]1-c1ccccc1)C(=O)Nc1ccc2c(c1)OCCO2. The van der Waals surface area contributed by atoms with E-state index in [9.17, 15) is 9.59 Å². The third-order valence-electron chi connectivity index (χ3n) is 4.35. The number of aromatic amines is 1. The summed E-state index contributed by atoms with van der Waals surface area (Å²) in [7, 11) is 0. The van der Waals surface area contributed by atoms with Crippen LogP contribution in [-0.4, -0.2) is 29.6 Å². The van der Waals surface area contributed by atoms with Crippen molar-refractivity contribution < 1.29 is 23.5 Å². The number of anilines is 1. The number of ether oxygens (including phenoxy) is 2. The second kappa shape index (κ2) is 8.44. The Morgan fingerprint density at radius 2 is 1.93 bits per heavy atom. The molecule has 1 unspecified atom stereocenters. The Balaban J connectivity index is 1.52. The monoisotopic (exact) mass is 414 g/mol. The molecule has 1 atom stereocenters. The highest BCUT2D eigenvalue weighted by Gasteiger charge is 2.30. The number of fused-ring (bicyclic) bond motifs is 1. The number of carbonyl (C=O) groups excluding carboxylic acids is 1. The average molecular weight is 414 g/mol. The smallest absolute Gasteiger partial charge is 0.442 e. The molecule has 9 heteroatoms. The lowest BCUT2D eigenvalue weighted by Crippen LogP contribution is -2.37. The van der Waals surface area contributed by atoms with E-state index < -0.39 is 10.9 Å². The number of hydrogen-bond donors (Lipinski definition) is 2. The van der Waals surface area contributed by atoms with Gasteiger partial charge in [0, 0.05) is 23.9 Å². The van der Waals surface area contributed by atoms with Crippen molar-refractivity contribution in [1.82, 2.24) is 5.27 Å². The van der Waals surface area contributed by atoms with Gasteiger partial charge in [-0.05, 0) is 40.3 Å². The molecule has 3 aromatic rings. The largest absolute Gasteiger partial charge is 0.486 e. The van der Waals surface area contributed by atoms with E-state index in [1.165, 1.54) is 4.68 Å². The molecule has 0 bridgehead atoms. The van der Waals surface area contributed by atoms with Crippen molar-refractivity contribution in [3.05, 3.63) is 59.0 Å². The third kappa shape index (κ3) is 4.14. The predicted octanol–water partition coefficient (Wildman–Crippen LogP) is 2.53. The topological polar surface area (TPSA) is 97.4 Å². The predicted molar refractivity (Wildman–Crippen MR) is 107 cm³/mol.